The van der Waals surface area contributed by atoms with Crippen molar-refractivity contribution >= 4 is 29.2 Å². The van der Waals surface area contributed by atoms with E-state index in [4.69, 9.17) is 0 Å². The maximum Gasteiger partial charge on any atom is 0.240 e. The van der Waals surface area contributed by atoms with Gasteiger partial charge in [0.05, 0.1) is 5.69 Å². The highest BCUT2D eigenvalue weighted by Crippen LogP contribution is 2.20. The number of hydrogen-bond donors (Lipinski definition) is 2. The third kappa shape index (κ3) is 6.73. The van der Waals surface area contributed by atoms with Crippen LogP contribution in [0.1, 0.15) is 18.4 Å². The van der Waals surface area contributed by atoms with E-state index >= 15 is 0 Å². The number of halogens is 1. The van der Waals surface area contributed by atoms with Gasteiger partial charge in [0.1, 0.15) is 18.2 Å². The zero-order valence-electron chi connectivity index (χ0n) is 17.3. The summed E-state index contributed by atoms with van der Waals surface area (Å²) in [6, 6.07) is 20.1. The number of para-hydroxylation sites is 1. The quantitative estimate of drug-likeness (QED) is 0.541. The fourth-order valence-corrected chi connectivity index (χ4v) is 2.97. The van der Waals surface area contributed by atoms with Gasteiger partial charge in [0.15, 0.2) is 0 Å². The number of carbonyl (C=O) groups excluding carboxylic acids is 3. The van der Waals surface area contributed by atoms with Crippen LogP contribution in [0, 0.1) is 5.82 Å². The van der Waals surface area contributed by atoms with Crippen LogP contribution in [0.15, 0.2) is 79.0 Å². The number of nitrogens with one attached hydrogen (secondary N) is 2. The van der Waals surface area contributed by atoms with Crippen LogP contribution in [0.5, 0.6) is 0 Å². The molecule has 7 nitrogen and oxygen atoms in total. The number of rotatable bonds is 9. The summed E-state index contributed by atoms with van der Waals surface area (Å²) in [5.74, 6) is -1.64. The van der Waals surface area contributed by atoms with Gasteiger partial charge in [-0.05, 0) is 29.8 Å². The van der Waals surface area contributed by atoms with Crippen molar-refractivity contribution in [2.24, 2.45) is 0 Å². The first kappa shape index (κ1) is 22.6. The summed E-state index contributed by atoms with van der Waals surface area (Å²) in [7, 11) is 0. The molecule has 0 unspecified atom stereocenters. The molecule has 0 fully saturated rings. The van der Waals surface area contributed by atoms with Gasteiger partial charge < -0.3 is 15.5 Å². The van der Waals surface area contributed by atoms with Crippen molar-refractivity contribution in [2.45, 2.75) is 19.4 Å². The molecule has 1 heterocycles. The molecule has 3 rings (SSSR count). The van der Waals surface area contributed by atoms with E-state index in [9.17, 15) is 18.8 Å². The van der Waals surface area contributed by atoms with Crippen molar-refractivity contribution in [1.82, 2.24) is 10.3 Å². The van der Waals surface area contributed by atoms with Gasteiger partial charge >= 0.3 is 0 Å². The average molecular weight is 434 g/mol. The second kappa shape index (κ2) is 11.4. The number of benzene rings is 2. The third-order valence-corrected chi connectivity index (χ3v) is 4.58. The standard InChI is InChI=1S/C24H23FN4O3/c25-19-10-4-5-11-20(19)29(17-23(31)27-16-18-8-2-1-3-9-18)24(32)14-13-22(30)28-21-12-6-7-15-26-21/h1-12,15H,13-14,16-17H2,(H,27,31)(H,26,28,30). The lowest BCUT2D eigenvalue weighted by molar-refractivity contribution is -0.125. The van der Waals surface area contributed by atoms with Crippen molar-refractivity contribution in [2.75, 3.05) is 16.8 Å². The van der Waals surface area contributed by atoms with Crippen LogP contribution in [-0.4, -0.2) is 29.3 Å². The molecule has 0 spiro atoms. The third-order valence-electron chi connectivity index (χ3n) is 4.58. The van der Waals surface area contributed by atoms with Gasteiger partial charge in [-0.25, -0.2) is 9.37 Å². The highest BCUT2D eigenvalue weighted by atomic mass is 19.1. The molecule has 2 aromatic carbocycles. The molecule has 0 saturated heterocycles. The molecule has 0 aliphatic rings. The van der Waals surface area contributed by atoms with Gasteiger partial charge in [0.25, 0.3) is 0 Å². The zero-order valence-corrected chi connectivity index (χ0v) is 17.3. The second-order valence-electron chi connectivity index (χ2n) is 6.96. The van der Waals surface area contributed by atoms with Crippen molar-refractivity contribution < 1.29 is 18.8 Å². The number of hydrogen-bond acceptors (Lipinski definition) is 4. The number of nitrogens with zero attached hydrogens (tertiary/aromatic N) is 2. The monoisotopic (exact) mass is 434 g/mol. The van der Waals surface area contributed by atoms with Gasteiger partial charge in [-0.3, -0.25) is 14.4 Å². The Morgan fingerprint density at radius 3 is 2.28 bits per heavy atom. The first-order chi connectivity index (χ1) is 15.5. The summed E-state index contributed by atoms with van der Waals surface area (Å²) in [5.41, 5.74) is 0.883. The molecule has 2 N–H and O–H groups in total. The minimum Gasteiger partial charge on any atom is -0.350 e. The normalized spacial score (nSPS) is 10.3. The molecule has 8 heteroatoms. The largest absolute Gasteiger partial charge is 0.350 e. The van der Waals surface area contributed by atoms with Gasteiger partial charge in [0, 0.05) is 25.6 Å². The summed E-state index contributed by atoms with van der Waals surface area (Å²) >= 11 is 0. The molecule has 0 atom stereocenters. The molecule has 0 saturated carbocycles. The number of carbonyl (C=O) groups is 3. The summed E-state index contributed by atoms with van der Waals surface area (Å²) in [6.45, 7) is -0.0834. The topological polar surface area (TPSA) is 91.4 Å². The van der Waals surface area contributed by atoms with E-state index in [1.165, 1.54) is 24.4 Å². The van der Waals surface area contributed by atoms with Crippen LogP contribution >= 0.6 is 0 Å². The Hall–Kier alpha value is -4.07. The Bertz CT molecular complexity index is 1060. The lowest BCUT2D eigenvalue weighted by atomic mass is 10.2. The molecule has 164 valence electrons. The number of pyridine rings is 1. The molecular weight excluding hydrogens is 411 g/mol. The van der Waals surface area contributed by atoms with E-state index in [1.54, 1.807) is 24.3 Å². The molecule has 32 heavy (non-hydrogen) atoms. The Labute approximate surface area is 185 Å². The molecule has 0 radical (unpaired) electrons. The minimum atomic E-state index is -0.630. The maximum atomic E-state index is 14.4. The SMILES string of the molecule is O=C(CN(C(=O)CCC(=O)Nc1ccccn1)c1ccccc1F)NCc1ccccc1. The van der Waals surface area contributed by atoms with Crippen molar-refractivity contribution in [3.05, 3.63) is 90.4 Å². The highest BCUT2D eigenvalue weighted by molar-refractivity contribution is 6.01. The number of anilines is 2. The van der Waals surface area contributed by atoms with Crippen LogP contribution in [0.2, 0.25) is 0 Å². The van der Waals surface area contributed by atoms with E-state index in [-0.39, 0.29) is 31.6 Å². The average Bonchev–Trinajstić information content (AvgIpc) is 2.81. The van der Waals surface area contributed by atoms with E-state index in [2.05, 4.69) is 15.6 Å². The first-order valence-corrected chi connectivity index (χ1v) is 10.1. The Balaban J connectivity index is 1.63. The molecule has 0 bridgehead atoms. The highest BCUT2D eigenvalue weighted by Gasteiger charge is 2.22. The van der Waals surface area contributed by atoms with E-state index in [1.807, 2.05) is 30.3 Å². The van der Waals surface area contributed by atoms with E-state index < -0.39 is 23.5 Å². The molecular formula is C24H23FN4O3. The van der Waals surface area contributed by atoms with Gasteiger partial charge in [-0.15, -0.1) is 0 Å². The number of aromatic nitrogens is 1. The predicted molar refractivity (Wildman–Crippen MR) is 119 cm³/mol. The van der Waals surface area contributed by atoms with Crippen molar-refractivity contribution in [3.8, 4) is 0 Å². The molecule has 0 aliphatic heterocycles. The van der Waals surface area contributed by atoms with Crippen molar-refractivity contribution in [3.63, 3.8) is 0 Å². The maximum absolute atomic E-state index is 14.4. The smallest absolute Gasteiger partial charge is 0.240 e. The zero-order chi connectivity index (χ0) is 22.8. The molecule has 3 amide bonds. The van der Waals surface area contributed by atoms with Crippen molar-refractivity contribution in [1.29, 1.82) is 0 Å². The fraction of sp³-hybridized carbons (Fsp3) is 0.167. The van der Waals surface area contributed by atoms with E-state index in [0.717, 1.165) is 10.5 Å². The fourth-order valence-electron chi connectivity index (χ4n) is 2.97. The lowest BCUT2D eigenvalue weighted by Crippen LogP contribution is -2.41. The van der Waals surface area contributed by atoms with Gasteiger partial charge in [-0.1, -0.05) is 48.5 Å². The molecule has 1 aromatic heterocycles. The second-order valence-corrected chi connectivity index (χ2v) is 6.96. The minimum absolute atomic E-state index is 0.0162. The van der Waals surface area contributed by atoms with Crippen LogP contribution in [0.3, 0.4) is 0 Å². The van der Waals surface area contributed by atoms with E-state index in [0.29, 0.717) is 5.82 Å². The Morgan fingerprint density at radius 1 is 0.844 bits per heavy atom. The van der Waals surface area contributed by atoms with Crippen LogP contribution < -0.4 is 15.5 Å². The summed E-state index contributed by atoms with van der Waals surface area (Å²) < 4.78 is 14.4. The summed E-state index contributed by atoms with van der Waals surface area (Å²) in [6.07, 6.45) is 1.21. The number of amides is 3. The van der Waals surface area contributed by atoms with Crippen LogP contribution in [0.4, 0.5) is 15.9 Å². The van der Waals surface area contributed by atoms with Crippen LogP contribution in [0.25, 0.3) is 0 Å². The predicted octanol–water partition coefficient (Wildman–Crippen LogP) is 3.29. The molecule has 3 aromatic rings. The summed E-state index contributed by atoms with van der Waals surface area (Å²) in [5, 5.41) is 5.32. The lowest BCUT2D eigenvalue weighted by Gasteiger charge is -2.23. The Morgan fingerprint density at radius 2 is 1.56 bits per heavy atom. The Kier molecular flexibility index (Phi) is 8.02. The molecule has 0 aliphatic carbocycles. The van der Waals surface area contributed by atoms with Crippen LogP contribution in [-0.2, 0) is 20.9 Å². The first-order valence-electron chi connectivity index (χ1n) is 10.1. The van der Waals surface area contributed by atoms with Gasteiger partial charge in [0.2, 0.25) is 17.7 Å². The summed E-state index contributed by atoms with van der Waals surface area (Å²) in [4.78, 5) is 42.5. The van der Waals surface area contributed by atoms with Gasteiger partial charge in [-0.2, -0.15) is 0 Å².